The zero-order chi connectivity index (χ0) is 9.68. The Labute approximate surface area is 82.6 Å². The summed E-state index contributed by atoms with van der Waals surface area (Å²) in [6.45, 7) is 9.38. The number of rotatable bonds is 7. The van der Waals surface area contributed by atoms with E-state index in [-0.39, 0.29) is 0 Å². The van der Waals surface area contributed by atoms with Crippen molar-refractivity contribution in [2.75, 3.05) is 6.54 Å². The molecule has 0 radical (unpaired) electrons. The Hall–Kier alpha value is -0.300. The van der Waals surface area contributed by atoms with Crippen molar-refractivity contribution in [3.63, 3.8) is 0 Å². The van der Waals surface area contributed by atoms with Gasteiger partial charge in [0.05, 0.1) is 0 Å². The molecule has 1 saturated carbocycles. The molecule has 0 aromatic carbocycles. The van der Waals surface area contributed by atoms with Gasteiger partial charge in [0.25, 0.3) is 0 Å². The highest BCUT2D eigenvalue weighted by Gasteiger charge is 2.29. The molecule has 0 heterocycles. The Morgan fingerprint density at radius 1 is 1.54 bits per heavy atom. The van der Waals surface area contributed by atoms with Crippen molar-refractivity contribution in [1.82, 2.24) is 5.32 Å². The lowest BCUT2D eigenvalue weighted by molar-refractivity contribution is 0.434. The zero-order valence-corrected chi connectivity index (χ0v) is 9.10. The van der Waals surface area contributed by atoms with Gasteiger partial charge in [-0.1, -0.05) is 12.5 Å². The van der Waals surface area contributed by atoms with Crippen molar-refractivity contribution in [2.24, 2.45) is 5.92 Å². The van der Waals surface area contributed by atoms with Crippen molar-refractivity contribution < 1.29 is 0 Å². The molecule has 1 nitrogen and oxygen atoms in total. The Bertz CT molecular complexity index is 159. The summed E-state index contributed by atoms with van der Waals surface area (Å²) in [5, 5.41) is 3.59. The van der Waals surface area contributed by atoms with Crippen LogP contribution in [-0.4, -0.2) is 12.6 Å². The van der Waals surface area contributed by atoms with Crippen LogP contribution in [0.3, 0.4) is 0 Å². The van der Waals surface area contributed by atoms with E-state index in [1.165, 1.54) is 37.7 Å². The summed E-state index contributed by atoms with van der Waals surface area (Å²) < 4.78 is 0. The topological polar surface area (TPSA) is 12.0 Å². The Morgan fingerprint density at radius 3 is 2.69 bits per heavy atom. The smallest absolute Gasteiger partial charge is 0.00953 e. The predicted octanol–water partition coefficient (Wildman–Crippen LogP) is 3.12. The number of nitrogens with one attached hydrogen (secondary N) is 1. The molecule has 0 bridgehead atoms. The molecule has 76 valence electrons. The summed E-state index contributed by atoms with van der Waals surface area (Å²) >= 11 is 0. The summed E-state index contributed by atoms with van der Waals surface area (Å²) in [4.78, 5) is 0. The molecule has 1 N–H and O–H groups in total. The van der Waals surface area contributed by atoms with Crippen LogP contribution in [0.2, 0.25) is 0 Å². The Morgan fingerprint density at radius 2 is 2.23 bits per heavy atom. The van der Waals surface area contributed by atoms with Gasteiger partial charge in [0.1, 0.15) is 0 Å². The highest BCUT2D eigenvalue weighted by atomic mass is 14.9. The van der Waals surface area contributed by atoms with Crippen molar-refractivity contribution >= 4 is 0 Å². The molecule has 0 spiro atoms. The van der Waals surface area contributed by atoms with Gasteiger partial charge in [-0.15, -0.1) is 6.58 Å². The van der Waals surface area contributed by atoms with Gasteiger partial charge in [0, 0.05) is 6.04 Å². The summed E-state index contributed by atoms with van der Waals surface area (Å²) in [5.74, 6) is 0.991. The lowest BCUT2D eigenvalue weighted by Crippen LogP contribution is -2.30. The summed E-state index contributed by atoms with van der Waals surface area (Å²) in [6.07, 6.45) is 6.75. The molecule has 1 fully saturated rings. The van der Waals surface area contributed by atoms with Gasteiger partial charge in [-0.05, 0) is 51.5 Å². The predicted molar refractivity (Wildman–Crippen MR) is 58.9 cm³/mol. The first-order valence-electron chi connectivity index (χ1n) is 5.61. The maximum atomic E-state index is 3.94. The van der Waals surface area contributed by atoms with E-state index < -0.39 is 0 Å². The van der Waals surface area contributed by atoms with Gasteiger partial charge in [-0.2, -0.15) is 0 Å². The molecule has 1 rings (SSSR count). The molecular formula is C12H23N. The Balaban J connectivity index is 2.10. The minimum atomic E-state index is 0.796. The lowest BCUT2D eigenvalue weighted by Gasteiger charge is -2.16. The maximum absolute atomic E-state index is 3.94. The van der Waals surface area contributed by atoms with Crippen LogP contribution in [0, 0.1) is 5.92 Å². The molecule has 1 aliphatic carbocycles. The fourth-order valence-corrected chi connectivity index (χ4v) is 1.89. The second-order valence-corrected chi connectivity index (χ2v) is 4.35. The standard InChI is InChI=1S/C12H23N/c1-4-13-12(11-8-9-11)7-5-6-10(2)3/h11-13H,2,4-9H2,1,3H3. The molecule has 0 aliphatic heterocycles. The van der Waals surface area contributed by atoms with Crippen LogP contribution in [0.15, 0.2) is 12.2 Å². The van der Waals surface area contributed by atoms with Gasteiger partial charge in [0.2, 0.25) is 0 Å². The zero-order valence-electron chi connectivity index (χ0n) is 9.10. The largest absolute Gasteiger partial charge is 0.314 e. The van der Waals surface area contributed by atoms with E-state index in [9.17, 15) is 0 Å². The minimum Gasteiger partial charge on any atom is -0.314 e. The number of hydrogen-bond donors (Lipinski definition) is 1. The average molecular weight is 181 g/mol. The molecule has 1 aliphatic rings. The van der Waals surface area contributed by atoms with Crippen LogP contribution in [0.1, 0.15) is 46.0 Å². The lowest BCUT2D eigenvalue weighted by atomic mass is 10.0. The molecule has 0 saturated heterocycles. The van der Waals surface area contributed by atoms with E-state index in [4.69, 9.17) is 0 Å². The van der Waals surface area contributed by atoms with Crippen LogP contribution in [0.4, 0.5) is 0 Å². The number of allylic oxidation sites excluding steroid dienone is 1. The molecule has 1 heteroatoms. The second kappa shape index (κ2) is 5.43. The summed E-state index contributed by atoms with van der Waals surface area (Å²) in [7, 11) is 0. The van der Waals surface area contributed by atoms with Crippen molar-refractivity contribution in [1.29, 1.82) is 0 Å². The monoisotopic (exact) mass is 181 g/mol. The molecule has 0 aromatic heterocycles. The first kappa shape index (κ1) is 10.8. The highest BCUT2D eigenvalue weighted by Crippen LogP contribution is 2.34. The third kappa shape index (κ3) is 4.47. The maximum Gasteiger partial charge on any atom is 0.00953 e. The number of hydrogen-bond acceptors (Lipinski definition) is 1. The third-order valence-electron chi connectivity index (χ3n) is 2.78. The first-order chi connectivity index (χ1) is 6.24. The highest BCUT2D eigenvalue weighted by molar-refractivity contribution is 4.90. The van der Waals surface area contributed by atoms with E-state index in [1.54, 1.807) is 0 Å². The first-order valence-corrected chi connectivity index (χ1v) is 5.61. The molecule has 13 heavy (non-hydrogen) atoms. The third-order valence-corrected chi connectivity index (χ3v) is 2.78. The normalized spacial score (nSPS) is 18.6. The molecular weight excluding hydrogens is 158 g/mol. The summed E-state index contributed by atoms with van der Waals surface area (Å²) in [6, 6.07) is 0.796. The van der Waals surface area contributed by atoms with E-state index >= 15 is 0 Å². The average Bonchev–Trinajstić information content (AvgIpc) is 2.84. The molecule has 1 unspecified atom stereocenters. The Kier molecular flexibility index (Phi) is 4.51. The van der Waals surface area contributed by atoms with Crippen LogP contribution in [0.5, 0.6) is 0 Å². The SMILES string of the molecule is C=C(C)CCCC(NCC)C1CC1. The molecule has 0 amide bonds. The summed E-state index contributed by atoms with van der Waals surface area (Å²) in [5.41, 5.74) is 1.33. The molecule has 0 aromatic rings. The van der Waals surface area contributed by atoms with E-state index in [0.29, 0.717) is 0 Å². The quantitative estimate of drug-likeness (QED) is 0.595. The van der Waals surface area contributed by atoms with Crippen LogP contribution in [0.25, 0.3) is 0 Å². The van der Waals surface area contributed by atoms with Gasteiger partial charge in [-0.3, -0.25) is 0 Å². The van der Waals surface area contributed by atoms with Crippen molar-refractivity contribution in [3.05, 3.63) is 12.2 Å². The molecule has 1 atom stereocenters. The fourth-order valence-electron chi connectivity index (χ4n) is 1.89. The van der Waals surface area contributed by atoms with E-state index in [2.05, 4.69) is 25.7 Å². The van der Waals surface area contributed by atoms with Gasteiger partial charge < -0.3 is 5.32 Å². The van der Waals surface area contributed by atoms with Gasteiger partial charge in [0.15, 0.2) is 0 Å². The van der Waals surface area contributed by atoms with E-state index in [1.807, 2.05) is 0 Å². The van der Waals surface area contributed by atoms with E-state index in [0.717, 1.165) is 18.5 Å². The van der Waals surface area contributed by atoms with Crippen molar-refractivity contribution in [3.8, 4) is 0 Å². The second-order valence-electron chi connectivity index (χ2n) is 4.35. The van der Waals surface area contributed by atoms with Crippen LogP contribution < -0.4 is 5.32 Å². The fraction of sp³-hybridized carbons (Fsp3) is 0.833. The minimum absolute atomic E-state index is 0.796. The van der Waals surface area contributed by atoms with Crippen molar-refractivity contribution in [2.45, 2.75) is 52.0 Å². The van der Waals surface area contributed by atoms with Gasteiger partial charge >= 0.3 is 0 Å². The van der Waals surface area contributed by atoms with Crippen LogP contribution in [-0.2, 0) is 0 Å². The van der Waals surface area contributed by atoms with Gasteiger partial charge in [-0.25, -0.2) is 0 Å². The van der Waals surface area contributed by atoms with Crippen LogP contribution >= 0.6 is 0 Å².